The van der Waals surface area contributed by atoms with Gasteiger partial charge in [-0.05, 0) is 6.42 Å². The lowest BCUT2D eigenvalue weighted by Crippen LogP contribution is -2.07. The Kier molecular flexibility index (Phi) is 9.93. The van der Waals surface area contributed by atoms with E-state index in [1.165, 1.54) is 38.5 Å². The Morgan fingerprint density at radius 3 is 2.36 bits per heavy atom. The van der Waals surface area contributed by atoms with Crippen LogP contribution in [0.1, 0.15) is 58.8 Å². The molecule has 0 radical (unpaired) electrons. The summed E-state index contributed by atoms with van der Waals surface area (Å²) in [6, 6.07) is 0. The molecule has 0 saturated carbocycles. The number of nitrogens with one attached hydrogen (secondary N) is 1. The fraction of sp³-hybridized carbons (Fsp3) is 0.833. The molecule has 0 heterocycles. The van der Waals surface area contributed by atoms with E-state index in [0.717, 1.165) is 6.54 Å². The van der Waals surface area contributed by atoms with Gasteiger partial charge in [-0.25, -0.2) is 0 Å². The molecule has 0 atom stereocenters. The van der Waals surface area contributed by atoms with Crippen molar-refractivity contribution in [1.29, 1.82) is 0 Å². The van der Waals surface area contributed by atoms with Crippen LogP contribution in [0.5, 0.6) is 0 Å². The SMILES string of the molecule is CCCCCCCCNC=C(O)CC. The molecule has 2 heteroatoms. The number of hydrogen-bond donors (Lipinski definition) is 2. The minimum atomic E-state index is 0.441. The topological polar surface area (TPSA) is 32.3 Å². The molecule has 0 aliphatic carbocycles. The zero-order valence-corrected chi connectivity index (χ0v) is 9.68. The molecule has 0 rings (SSSR count). The van der Waals surface area contributed by atoms with E-state index in [9.17, 15) is 0 Å². The van der Waals surface area contributed by atoms with Crippen LogP contribution in [0.3, 0.4) is 0 Å². The molecule has 0 aromatic heterocycles. The summed E-state index contributed by atoms with van der Waals surface area (Å²) in [4.78, 5) is 0. The first-order chi connectivity index (χ1) is 6.81. The van der Waals surface area contributed by atoms with E-state index in [4.69, 9.17) is 5.11 Å². The first kappa shape index (κ1) is 13.3. The quantitative estimate of drug-likeness (QED) is 0.438. The van der Waals surface area contributed by atoms with Gasteiger partial charge in [0.05, 0.1) is 0 Å². The number of aliphatic hydroxyl groups is 1. The average molecular weight is 199 g/mol. The van der Waals surface area contributed by atoms with E-state index < -0.39 is 0 Å². The number of hydrogen-bond acceptors (Lipinski definition) is 2. The second-order valence-electron chi connectivity index (χ2n) is 3.71. The van der Waals surface area contributed by atoms with Gasteiger partial charge in [0.1, 0.15) is 5.76 Å². The summed E-state index contributed by atoms with van der Waals surface area (Å²) < 4.78 is 0. The van der Waals surface area contributed by atoms with Crippen LogP contribution in [-0.4, -0.2) is 11.7 Å². The minimum Gasteiger partial charge on any atom is -0.511 e. The molecular formula is C12H25NO. The number of unbranched alkanes of at least 4 members (excludes halogenated alkanes) is 5. The maximum absolute atomic E-state index is 9.13. The largest absolute Gasteiger partial charge is 0.511 e. The number of rotatable bonds is 9. The lowest BCUT2D eigenvalue weighted by Gasteiger charge is -2.02. The molecule has 0 spiro atoms. The Bertz CT molecular complexity index is 143. The normalized spacial score (nSPS) is 11.7. The van der Waals surface area contributed by atoms with Gasteiger partial charge in [0, 0.05) is 19.2 Å². The molecular weight excluding hydrogens is 174 g/mol. The van der Waals surface area contributed by atoms with Crippen LogP contribution in [0.15, 0.2) is 12.0 Å². The van der Waals surface area contributed by atoms with Crippen molar-refractivity contribution in [2.75, 3.05) is 6.54 Å². The van der Waals surface area contributed by atoms with Crippen molar-refractivity contribution in [2.45, 2.75) is 58.8 Å². The van der Waals surface area contributed by atoms with Crippen LogP contribution in [0.4, 0.5) is 0 Å². The number of allylic oxidation sites excluding steroid dienone is 1. The Morgan fingerprint density at radius 2 is 1.71 bits per heavy atom. The van der Waals surface area contributed by atoms with Crippen LogP contribution < -0.4 is 5.32 Å². The highest BCUT2D eigenvalue weighted by atomic mass is 16.3. The maximum Gasteiger partial charge on any atom is 0.108 e. The van der Waals surface area contributed by atoms with E-state index in [0.29, 0.717) is 12.2 Å². The van der Waals surface area contributed by atoms with Gasteiger partial charge in [-0.2, -0.15) is 0 Å². The van der Waals surface area contributed by atoms with E-state index in [1.54, 1.807) is 6.20 Å². The molecule has 2 nitrogen and oxygen atoms in total. The molecule has 0 aromatic rings. The average Bonchev–Trinajstić information content (AvgIpc) is 2.21. The Labute approximate surface area is 88.4 Å². The van der Waals surface area contributed by atoms with Gasteiger partial charge in [0.25, 0.3) is 0 Å². The van der Waals surface area contributed by atoms with Gasteiger partial charge in [-0.1, -0.05) is 46.0 Å². The standard InChI is InChI=1S/C12H25NO/c1-3-5-6-7-8-9-10-13-11-12(14)4-2/h11,13-14H,3-10H2,1-2H3. The fourth-order valence-electron chi connectivity index (χ4n) is 1.30. The van der Waals surface area contributed by atoms with Crippen LogP contribution in [0.25, 0.3) is 0 Å². The fourth-order valence-corrected chi connectivity index (χ4v) is 1.30. The van der Waals surface area contributed by atoms with Crippen molar-refractivity contribution in [1.82, 2.24) is 5.32 Å². The summed E-state index contributed by atoms with van der Waals surface area (Å²) in [5.41, 5.74) is 0. The Morgan fingerprint density at radius 1 is 1.07 bits per heavy atom. The zero-order valence-electron chi connectivity index (χ0n) is 9.68. The smallest absolute Gasteiger partial charge is 0.108 e. The monoisotopic (exact) mass is 199 g/mol. The van der Waals surface area contributed by atoms with Gasteiger partial charge in [0.2, 0.25) is 0 Å². The maximum atomic E-state index is 9.13. The third-order valence-electron chi connectivity index (χ3n) is 2.31. The van der Waals surface area contributed by atoms with Crippen LogP contribution in [0, 0.1) is 0 Å². The van der Waals surface area contributed by atoms with Crippen molar-refractivity contribution >= 4 is 0 Å². The molecule has 0 aliphatic heterocycles. The molecule has 0 bridgehead atoms. The summed E-state index contributed by atoms with van der Waals surface area (Å²) in [6.07, 6.45) is 10.3. The van der Waals surface area contributed by atoms with E-state index in [1.807, 2.05) is 6.92 Å². The Balaban J connectivity index is 3.06. The van der Waals surface area contributed by atoms with Gasteiger partial charge in [0.15, 0.2) is 0 Å². The predicted octanol–water partition coefficient (Wildman–Crippen LogP) is 3.75. The molecule has 84 valence electrons. The molecule has 14 heavy (non-hydrogen) atoms. The molecule has 0 amide bonds. The highest BCUT2D eigenvalue weighted by molar-refractivity contribution is 4.86. The third-order valence-corrected chi connectivity index (χ3v) is 2.31. The highest BCUT2D eigenvalue weighted by Gasteiger charge is 1.89. The van der Waals surface area contributed by atoms with Crippen molar-refractivity contribution in [3.63, 3.8) is 0 Å². The van der Waals surface area contributed by atoms with E-state index in [-0.39, 0.29) is 0 Å². The first-order valence-electron chi connectivity index (χ1n) is 5.92. The van der Waals surface area contributed by atoms with Crippen molar-refractivity contribution in [3.8, 4) is 0 Å². The zero-order chi connectivity index (χ0) is 10.6. The van der Waals surface area contributed by atoms with Crippen molar-refractivity contribution in [3.05, 3.63) is 12.0 Å². The second-order valence-corrected chi connectivity index (χ2v) is 3.71. The van der Waals surface area contributed by atoms with E-state index in [2.05, 4.69) is 12.2 Å². The summed E-state index contributed by atoms with van der Waals surface area (Å²) in [5.74, 6) is 0.441. The number of aliphatic hydroxyl groups excluding tert-OH is 1. The molecule has 0 fully saturated rings. The van der Waals surface area contributed by atoms with Gasteiger partial charge >= 0.3 is 0 Å². The van der Waals surface area contributed by atoms with Gasteiger partial charge < -0.3 is 10.4 Å². The van der Waals surface area contributed by atoms with Gasteiger partial charge in [-0.3, -0.25) is 0 Å². The Hall–Kier alpha value is -0.660. The van der Waals surface area contributed by atoms with Gasteiger partial charge in [-0.15, -0.1) is 0 Å². The molecule has 0 saturated heterocycles. The van der Waals surface area contributed by atoms with Crippen molar-refractivity contribution < 1.29 is 5.11 Å². The summed E-state index contributed by atoms with van der Waals surface area (Å²) in [7, 11) is 0. The van der Waals surface area contributed by atoms with Crippen LogP contribution in [-0.2, 0) is 0 Å². The molecule has 0 aliphatic rings. The highest BCUT2D eigenvalue weighted by Crippen LogP contribution is 2.04. The summed E-state index contributed by atoms with van der Waals surface area (Å²) >= 11 is 0. The lowest BCUT2D eigenvalue weighted by atomic mass is 10.1. The van der Waals surface area contributed by atoms with Crippen LogP contribution >= 0.6 is 0 Å². The first-order valence-corrected chi connectivity index (χ1v) is 5.92. The lowest BCUT2D eigenvalue weighted by molar-refractivity contribution is 0.389. The molecule has 0 unspecified atom stereocenters. The minimum absolute atomic E-state index is 0.441. The summed E-state index contributed by atoms with van der Waals surface area (Å²) in [6.45, 7) is 5.16. The molecule has 2 N–H and O–H groups in total. The van der Waals surface area contributed by atoms with E-state index >= 15 is 0 Å². The summed E-state index contributed by atoms with van der Waals surface area (Å²) in [5, 5.41) is 12.2. The molecule has 0 aromatic carbocycles. The van der Waals surface area contributed by atoms with Crippen LogP contribution in [0.2, 0.25) is 0 Å². The second kappa shape index (κ2) is 10.4. The predicted molar refractivity (Wildman–Crippen MR) is 62.4 cm³/mol. The third kappa shape index (κ3) is 9.43. The van der Waals surface area contributed by atoms with Crippen molar-refractivity contribution in [2.24, 2.45) is 0 Å².